The molecule has 0 aromatic carbocycles. The fourth-order valence-corrected chi connectivity index (χ4v) is 3.06. The van der Waals surface area contributed by atoms with Crippen LogP contribution in [0.3, 0.4) is 0 Å². The van der Waals surface area contributed by atoms with Gasteiger partial charge >= 0.3 is 0 Å². The molecule has 1 aromatic heterocycles. The molecular formula is C13H25N5. The first-order valence-electron chi connectivity index (χ1n) is 7.03. The van der Waals surface area contributed by atoms with Crippen LogP contribution in [0.15, 0.2) is 6.33 Å². The molecule has 2 rings (SSSR count). The van der Waals surface area contributed by atoms with Crippen molar-refractivity contribution in [1.29, 1.82) is 0 Å². The summed E-state index contributed by atoms with van der Waals surface area (Å²) in [4.78, 5) is 6.76. The summed E-state index contributed by atoms with van der Waals surface area (Å²) < 4.78 is 1.97. The summed E-state index contributed by atoms with van der Waals surface area (Å²) in [5.41, 5.74) is 5.90. The van der Waals surface area contributed by atoms with Crippen molar-refractivity contribution >= 4 is 0 Å². The van der Waals surface area contributed by atoms with Crippen molar-refractivity contribution < 1.29 is 0 Å². The predicted molar refractivity (Wildman–Crippen MR) is 72.0 cm³/mol. The van der Waals surface area contributed by atoms with Crippen LogP contribution in [-0.4, -0.2) is 39.3 Å². The van der Waals surface area contributed by atoms with Gasteiger partial charge in [0.05, 0.1) is 6.54 Å². The molecule has 5 nitrogen and oxygen atoms in total. The quantitative estimate of drug-likeness (QED) is 0.855. The van der Waals surface area contributed by atoms with Gasteiger partial charge in [-0.05, 0) is 39.3 Å². The van der Waals surface area contributed by atoms with Crippen LogP contribution >= 0.6 is 0 Å². The second-order valence-electron chi connectivity index (χ2n) is 5.25. The molecule has 0 bridgehead atoms. The van der Waals surface area contributed by atoms with Gasteiger partial charge in [-0.15, -0.1) is 0 Å². The van der Waals surface area contributed by atoms with Crippen molar-refractivity contribution in [2.24, 2.45) is 11.7 Å². The third kappa shape index (κ3) is 2.90. The Kier molecular flexibility index (Phi) is 4.72. The Bertz CT molecular complexity index is 362. The highest BCUT2D eigenvalue weighted by Crippen LogP contribution is 2.27. The summed E-state index contributed by atoms with van der Waals surface area (Å²) in [6, 6.07) is 0.603. The van der Waals surface area contributed by atoms with Crippen LogP contribution in [-0.2, 0) is 13.1 Å². The van der Waals surface area contributed by atoms with Gasteiger partial charge in [0.25, 0.3) is 0 Å². The standard InChI is InChI=1S/C13H25N5/c1-3-18-13(15-10-16-18)9-17(2)12-7-5-4-6-11(12)8-14/h10-12H,3-9,14H2,1-2H3. The first-order valence-corrected chi connectivity index (χ1v) is 7.03. The molecule has 18 heavy (non-hydrogen) atoms. The molecule has 1 aromatic rings. The lowest BCUT2D eigenvalue weighted by Gasteiger charge is -2.37. The molecule has 1 aliphatic rings. The van der Waals surface area contributed by atoms with E-state index in [4.69, 9.17) is 5.73 Å². The first-order chi connectivity index (χ1) is 8.76. The molecule has 0 spiro atoms. The van der Waals surface area contributed by atoms with E-state index in [1.54, 1.807) is 6.33 Å². The maximum Gasteiger partial charge on any atom is 0.140 e. The largest absolute Gasteiger partial charge is 0.330 e. The van der Waals surface area contributed by atoms with Crippen molar-refractivity contribution in [2.45, 2.75) is 51.7 Å². The molecule has 2 unspecified atom stereocenters. The Balaban J connectivity index is 1.99. The van der Waals surface area contributed by atoms with E-state index < -0.39 is 0 Å². The van der Waals surface area contributed by atoms with Crippen molar-refractivity contribution in [2.75, 3.05) is 13.6 Å². The van der Waals surface area contributed by atoms with Crippen molar-refractivity contribution in [3.8, 4) is 0 Å². The smallest absolute Gasteiger partial charge is 0.140 e. The van der Waals surface area contributed by atoms with Gasteiger partial charge < -0.3 is 5.73 Å². The molecule has 5 heteroatoms. The fraction of sp³-hybridized carbons (Fsp3) is 0.846. The minimum atomic E-state index is 0.603. The summed E-state index contributed by atoms with van der Waals surface area (Å²) >= 11 is 0. The Labute approximate surface area is 109 Å². The highest BCUT2D eigenvalue weighted by Gasteiger charge is 2.27. The number of hydrogen-bond donors (Lipinski definition) is 1. The fourth-order valence-electron chi connectivity index (χ4n) is 3.06. The van der Waals surface area contributed by atoms with Crippen LogP contribution in [0.2, 0.25) is 0 Å². The van der Waals surface area contributed by atoms with Crippen molar-refractivity contribution in [1.82, 2.24) is 19.7 Å². The monoisotopic (exact) mass is 251 g/mol. The van der Waals surface area contributed by atoms with E-state index in [1.165, 1.54) is 25.7 Å². The van der Waals surface area contributed by atoms with E-state index >= 15 is 0 Å². The van der Waals surface area contributed by atoms with Gasteiger partial charge in [0.15, 0.2) is 0 Å². The van der Waals surface area contributed by atoms with E-state index in [0.717, 1.165) is 25.5 Å². The molecule has 1 aliphatic carbocycles. The summed E-state index contributed by atoms with van der Waals surface area (Å²) in [5, 5.41) is 4.23. The molecule has 1 heterocycles. The van der Waals surface area contributed by atoms with Gasteiger partial charge in [0.1, 0.15) is 12.2 Å². The Morgan fingerprint density at radius 1 is 1.44 bits per heavy atom. The maximum absolute atomic E-state index is 5.90. The van der Waals surface area contributed by atoms with Crippen LogP contribution in [0.5, 0.6) is 0 Å². The lowest BCUT2D eigenvalue weighted by molar-refractivity contribution is 0.123. The van der Waals surface area contributed by atoms with Crippen LogP contribution in [0.4, 0.5) is 0 Å². The third-order valence-corrected chi connectivity index (χ3v) is 4.12. The minimum absolute atomic E-state index is 0.603. The van der Waals surface area contributed by atoms with Gasteiger partial charge in [-0.1, -0.05) is 12.8 Å². The molecule has 0 saturated heterocycles. The number of nitrogens with two attached hydrogens (primary N) is 1. The average molecular weight is 251 g/mol. The second-order valence-corrected chi connectivity index (χ2v) is 5.25. The zero-order valence-corrected chi connectivity index (χ0v) is 11.5. The highest BCUT2D eigenvalue weighted by molar-refractivity contribution is 4.89. The van der Waals surface area contributed by atoms with E-state index in [0.29, 0.717) is 12.0 Å². The third-order valence-electron chi connectivity index (χ3n) is 4.12. The Morgan fingerprint density at radius 3 is 2.94 bits per heavy atom. The number of aromatic nitrogens is 3. The number of nitrogens with zero attached hydrogens (tertiary/aromatic N) is 4. The van der Waals surface area contributed by atoms with Gasteiger partial charge in [0, 0.05) is 12.6 Å². The lowest BCUT2D eigenvalue weighted by Crippen LogP contribution is -2.43. The number of rotatable bonds is 5. The molecule has 1 saturated carbocycles. The van der Waals surface area contributed by atoms with Gasteiger partial charge in [-0.25, -0.2) is 9.67 Å². The highest BCUT2D eigenvalue weighted by atomic mass is 15.3. The summed E-state index contributed by atoms with van der Waals surface area (Å²) in [5.74, 6) is 1.70. The number of aryl methyl sites for hydroxylation is 1. The zero-order valence-electron chi connectivity index (χ0n) is 11.5. The van der Waals surface area contributed by atoms with E-state index in [2.05, 4.69) is 29.0 Å². The van der Waals surface area contributed by atoms with E-state index in [9.17, 15) is 0 Å². The maximum atomic E-state index is 5.90. The topological polar surface area (TPSA) is 60.0 Å². The number of hydrogen-bond acceptors (Lipinski definition) is 4. The van der Waals surface area contributed by atoms with Crippen molar-refractivity contribution in [3.63, 3.8) is 0 Å². The predicted octanol–water partition coefficient (Wildman–Crippen LogP) is 1.25. The SMILES string of the molecule is CCn1ncnc1CN(C)C1CCCCC1CN. The van der Waals surface area contributed by atoms with E-state index in [1.807, 2.05) is 4.68 Å². The van der Waals surface area contributed by atoms with Crippen LogP contribution in [0, 0.1) is 5.92 Å². The Hall–Kier alpha value is -0.940. The van der Waals surface area contributed by atoms with E-state index in [-0.39, 0.29) is 0 Å². The van der Waals surface area contributed by atoms with Crippen LogP contribution in [0.1, 0.15) is 38.4 Å². The summed E-state index contributed by atoms with van der Waals surface area (Å²) in [6.07, 6.45) is 6.84. The summed E-state index contributed by atoms with van der Waals surface area (Å²) in [6.45, 7) is 4.65. The molecule has 2 atom stereocenters. The van der Waals surface area contributed by atoms with Crippen LogP contribution < -0.4 is 5.73 Å². The normalized spacial score (nSPS) is 24.7. The lowest BCUT2D eigenvalue weighted by atomic mass is 9.84. The molecular weight excluding hydrogens is 226 g/mol. The van der Waals surface area contributed by atoms with Crippen LogP contribution in [0.25, 0.3) is 0 Å². The second kappa shape index (κ2) is 6.29. The van der Waals surface area contributed by atoms with Gasteiger partial charge in [-0.3, -0.25) is 4.90 Å². The zero-order chi connectivity index (χ0) is 13.0. The average Bonchev–Trinajstić information content (AvgIpc) is 2.85. The molecule has 2 N–H and O–H groups in total. The minimum Gasteiger partial charge on any atom is -0.330 e. The summed E-state index contributed by atoms with van der Waals surface area (Å²) in [7, 11) is 2.19. The molecule has 0 amide bonds. The molecule has 1 fully saturated rings. The van der Waals surface area contributed by atoms with Gasteiger partial charge in [-0.2, -0.15) is 5.10 Å². The van der Waals surface area contributed by atoms with Crippen molar-refractivity contribution in [3.05, 3.63) is 12.2 Å². The van der Waals surface area contributed by atoms with Gasteiger partial charge in [0.2, 0.25) is 0 Å². The Morgan fingerprint density at radius 2 is 2.22 bits per heavy atom. The molecule has 0 radical (unpaired) electrons. The first kappa shape index (κ1) is 13.5. The molecule has 102 valence electrons. The molecule has 0 aliphatic heterocycles.